The van der Waals surface area contributed by atoms with E-state index < -0.39 is 18.0 Å². The highest BCUT2D eigenvalue weighted by Crippen LogP contribution is 2.23. The van der Waals surface area contributed by atoms with E-state index in [9.17, 15) is 14.4 Å². The fourth-order valence-corrected chi connectivity index (χ4v) is 3.55. The van der Waals surface area contributed by atoms with Gasteiger partial charge in [-0.15, -0.1) is 0 Å². The molecule has 0 radical (unpaired) electrons. The van der Waals surface area contributed by atoms with Gasteiger partial charge in [-0.2, -0.15) is 0 Å². The van der Waals surface area contributed by atoms with Crippen LogP contribution in [0, 0.1) is 0 Å². The van der Waals surface area contributed by atoms with Crippen molar-refractivity contribution in [3.05, 3.63) is 63.6 Å². The van der Waals surface area contributed by atoms with Crippen LogP contribution < -0.4 is 11.0 Å². The number of aromatic nitrogens is 2. The first-order valence-electron chi connectivity index (χ1n) is 9.31. The molecule has 0 saturated carbocycles. The Morgan fingerprint density at radius 3 is 2.71 bits per heavy atom. The molecule has 7 nitrogen and oxygen atoms in total. The molecule has 0 saturated heterocycles. The summed E-state index contributed by atoms with van der Waals surface area (Å²) in [6, 6.07) is 11.1. The molecule has 1 amide bonds. The molecular formula is C21H21N3O4. The van der Waals surface area contributed by atoms with Gasteiger partial charge >= 0.3 is 11.7 Å². The van der Waals surface area contributed by atoms with Crippen molar-refractivity contribution in [1.29, 1.82) is 0 Å². The van der Waals surface area contributed by atoms with Crippen molar-refractivity contribution in [1.82, 2.24) is 9.97 Å². The van der Waals surface area contributed by atoms with Gasteiger partial charge in [-0.25, -0.2) is 4.79 Å². The highest BCUT2D eigenvalue weighted by atomic mass is 16.5. The highest BCUT2D eigenvalue weighted by Gasteiger charge is 2.19. The van der Waals surface area contributed by atoms with Gasteiger partial charge in [0.05, 0.1) is 17.5 Å². The maximum Gasteiger partial charge on any atom is 0.323 e. The summed E-state index contributed by atoms with van der Waals surface area (Å²) in [5.74, 6) is -0.870. The maximum atomic E-state index is 12.3. The van der Waals surface area contributed by atoms with Crippen molar-refractivity contribution >= 4 is 28.6 Å². The molecule has 0 aliphatic heterocycles. The average molecular weight is 379 g/mol. The summed E-state index contributed by atoms with van der Waals surface area (Å²) in [5.41, 5.74) is 4.99. The van der Waals surface area contributed by atoms with Gasteiger partial charge in [0.2, 0.25) is 0 Å². The molecule has 0 unspecified atom stereocenters. The minimum Gasteiger partial charge on any atom is -0.452 e. The number of amides is 1. The summed E-state index contributed by atoms with van der Waals surface area (Å²) in [6.45, 7) is 1.53. The molecule has 0 spiro atoms. The van der Waals surface area contributed by atoms with E-state index in [0.29, 0.717) is 16.7 Å². The van der Waals surface area contributed by atoms with Crippen molar-refractivity contribution in [3.8, 4) is 0 Å². The van der Waals surface area contributed by atoms with E-state index in [2.05, 4.69) is 27.4 Å². The minimum atomic E-state index is -0.928. The number of rotatable bonds is 5. The zero-order chi connectivity index (χ0) is 19.7. The number of nitrogens with one attached hydrogen (secondary N) is 3. The third-order valence-corrected chi connectivity index (χ3v) is 4.97. The van der Waals surface area contributed by atoms with E-state index in [1.54, 1.807) is 18.2 Å². The Hall–Kier alpha value is -3.35. The van der Waals surface area contributed by atoms with E-state index in [1.165, 1.54) is 18.1 Å². The number of hydrogen-bond donors (Lipinski definition) is 3. The van der Waals surface area contributed by atoms with E-state index in [1.807, 2.05) is 6.07 Å². The van der Waals surface area contributed by atoms with Crippen LogP contribution in [-0.4, -0.2) is 27.9 Å². The molecule has 1 atom stereocenters. The summed E-state index contributed by atoms with van der Waals surface area (Å²) in [4.78, 5) is 41.1. The van der Waals surface area contributed by atoms with Crippen molar-refractivity contribution in [2.45, 2.75) is 38.7 Å². The topological polar surface area (TPSA) is 104 Å². The molecule has 28 heavy (non-hydrogen) atoms. The molecule has 144 valence electrons. The van der Waals surface area contributed by atoms with Gasteiger partial charge < -0.3 is 20.0 Å². The van der Waals surface area contributed by atoms with Crippen molar-refractivity contribution in [3.63, 3.8) is 0 Å². The Balaban J connectivity index is 1.35. The van der Waals surface area contributed by atoms with Crippen LogP contribution in [0.4, 0.5) is 5.69 Å². The molecule has 0 fully saturated rings. The number of ether oxygens (including phenoxy) is 1. The number of benzene rings is 2. The Labute approximate surface area is 161 Å². The summed E-state index contributed by atoms with van der Waals surface area (Å²) in [7, 11) is 0. The molecule has 2 aromatic carbocycles. The average Bonchev–Trinajstić information content (AvgIpc) is 3.25. The smallest absolute Gasteiger partial charge is 0.323 e. The molecule has 4 rings (SSSR count). The highest BCUT2D eigenvalue weighted by molar-refractivity contribution is 5.96. The van der Waals surface area contributed by atoms with Crippen molar-refractivity contribution < 1.29 is 14.3 Å². The number of fused-ring (bicyclic) bond motifs is 2. The predicted molar refractivity (Wildman–Crippen MR) is 105 cm³/mol. The second-order valence-electron chi connectivity index (χ2n) is 7.09. The molecule has 7 heteroatoms. The molecule has 1 aromatic heterocycles. The number of H-pyrrole nitrogens is 2. The number of hydrogen-bond acceptors (Lipinski definition) is 4. The van der Waals surface area contributed by atoms with E-state index >= 15 is 0 Å². The summed E-state index contributed by atoms with van der Waals surface area (Å²) >= 11 is 0. The van der Waals surface area contributed by atoms with Crippen LogP contribution >= 0.6 is 0 Å². The lowest BCUT2D eigenvalue weighted by atomic mass is 10.0. The Kier molecular flexibility index (Phi) is 4.73. The zero-order valence-corrected chi connectivity index (χ0v) is 15.5. The van der Waals surface area contributed by atoms with Crippen LogP contribution in [0.2, 0.25) is 0 Å². The zero-order valence-electron chi connectivity index (χ0n) is 15.5. The van der Waals surface area contributed by atoms with Gasteiger partial charge in [-0.3, -0.25) is 9.59 Å². The molecule has 0 bridgehead atoms. The SMILES string of the molecule is C[C@H](OC(=O)Cc1ccc2c(c1)CCC2)C(=O)Nc1ccc2[nH]c(=O)[nH]c2c1. The van der Waals surface area contributed by atoms with Crippen LogP contribution in [-0.2, 0) is 33.6 Å². The van der Waals surface area contributed by atoms with Crippen molar-refractivity contribution in [2.24, 2.45) is 0 Å². The Morgan fingerprint density at radius 1 is 1.07 bits per heavy atom. The van der Waals surface area contributed by atoms with Gasteiger partial charge in [-0.05, 0) is 61.1 Å². The van der Waals surface area contributed by atoms with Gasteiger partial charge in [-0.1, -0.05) is 18.2 Å². The molecule has 1 heterocycles. The van der Waals surface area contributed by atoms with Crippen LogP contribution in [0.25, 0.3) is 11.0 Å². The first kappa shape index (κ1) is 18.0. The molecule has 1 aliphatic rings. The summed E-state index contributed by atoms with van der Waals surface area (Å²) in [5, 5.41) is 2.69. The molecule has 1 aliphatic carbocycles. The van der Waals surface area contributed by atoms with Crippen LogP contribution in [0.15, 0.2) is 41.2 Å². The Bertz CT molecular complexity index is 1110. The quantitative estimate of drug-likeness (QED) is 0.592. The fraction of sp³-hybridized carbons (Fsp3) is 0.286. The fourth-order valence-electron chi connectivity index (χ4n) is 3.55. The van der Waals surface area contributed by atoms with E-state index in [-0.39, 0.29) is 12.1 Å². The number of anilines is 1. The van der Waals surface area contributed by atoms with Gasteiger partial charge in [0.25, 0.3) is 5.91 Å². The number of aryl methyl sites for hydroxylation is 2. The molecular weight excluding hydrogens is 358 g/mol. The minimum absolute atomic E-state index is 0.140. The first-order chi connectivity index (χ1) is 13.5. The second-order valence-corrected chi connectivity index (χ2v) is 7.09. The number of imidazole rings is 1. The summed E-state index contributed by atoms with van der Waals surface area (Å²) in [6.07, 6.45) is 2.51. The second kappa shape index (κ2) is 7.34. The lowest BCUT2D eigenvalue weighted by Gasteiger charge is -2.14. The van der Waals surface area contributed by atoms with Gasteiger partial charge in [0.1, 0.15) is 0 Å². The molecule has 3 aromatic rings. The van der Waals surface area contributed by atoms with E-state index in [4.69, 9.17) is 4.74 Å². The normalized spacial score (nSPS) is 13.9. The largest absolute Gasteiger partial charge is 0.452 e. The van der Waals surface area contributed by atoms with Crippen LogP contribution in [0.5, 0.6) is 0 Å². The van der Waals surface area contributed by atoms with Crippen LogP contribution in [0.1, 0.15) is 30.0 Å². The summed E-state index contributed by atoms with van der Waals surface area (Å²) < 4.78 is 5.28. The number of esters is 1. The number of carbonyl (C=O) groups is 2. The van der Waals surface area contributed by atoms with Gasteiger partial charge in [0, 0.05) is 5.69 Å². The third kappa shape index (κ3) is 3.83. The third-order valence-electron chi connectivity index (χ3n) is 4.97. The molecule has 3 N–H and O–H groups in total. The monoisotopic (exact) mass is 379 g/mol. The predicted octanol–water partition coefficient (Wildman–Crippen LogP) is 2.46. The first-order valence-corrected chi connectivity index (χ1v) is 9.31. The van der Waals surface area contributed by atoms with E-state index in [0.717, 1.165) is 24.8 Å². The number of aromatic amines is 2. The lowest BCUT2D eigenvalue weighted by Crippen LogP contribution is -2.30. The Morgan fingerprint density at radius 2 is 1.86 bits per heavy atom. The van der Waals surface area contributed by atoms with Crippen LogP contribution in [0.3, 0.4) is 0 Å². The lowest BCUT2D eigenvalue weighted by molar-refractivity contribution is -0.152. The maximum absolute atomic E-state index is 12.3. The van der Waals surface area contributed by atoms with Gasteiger partial charge in [0.15, 0.2) is 6.10 Å². The van der Waals surface area contributed by atoms with Crippen molar-refractivity contribution in [2.75, 3.05) is 5.32 Å². The standard InChI is InChI=1S/C21H21N3O4/c1-12(20(26)22-16-7-8-17-18(11-16)24-21(27)23-17)28-19(25)10-13-5-6-14-3-2-4-15(14)9-13/h5-9,11-12H,2-4,10H2,1H3,(H,22,26)(H2,23,24,27)/t12-/m0/s1. The number of carbonyl (C=O) groups excluding carboxylic acids is 2.